The van der Waals surface area contributed by atoms with E-state index in [2.05, 4.69) is 5.32 Å². The standard InChI is InChI=1S/C15H14FNO2S/c1-10-5-7-14(20-10)13(18)6-8-15(19)17-12-4-2-3-11(16)9-12/h2-5,7,9H,6,8H2,1H3,(H,17,19). The summed E-state index contributed by atoms with van der Waals surface area (Å²) in [6.45, 7) is 1.93. The first kappa shape index (κ1) is 14.4. The van der Waals surface area contributed by atoms with Crippen LogP contribution in [-0.2, 0) is 4.79 Å². The summed E-state index contributed by atoms with van der Waals surface area (Å²) in [6.07, 6.45) is 0.243. The zero-order valence-electron chi connectivity index (χ0n) is 11.0. The Kier molecular flexibility index (Phi) is 4.63. The number of carbonyl (C=O) groups excluding carboxylic acids is 2. The number of rotatable bonds is 5. The summed E-state index contributed by atoms with van der Waals surface area (Å²) in [5.74, 6) is -0.748. The Morgan fingerprint density at radius 3 is 2.65 bits per heavy atom. The van der Waals surface area contributed by atoms with Gasteiger partial charge in [0.15, 0.2) is 5.78 Å². The van der Waals surface area contributed by atoms with Crippen LogP contribution in [-0.4, -0.2) is 11.7 Å². The van der Waals surface area contributed by atoms with Crippen LogP contribution in [0.25, 0.3) is 0 Å². The van der Waals surface area contributed by atoms with E-state index in [4.69, 9.17) is 0 Å². The number of ketones is 1. The minimum Gasteiger partial charge on any atom is -0.326 e. The molecule has 0 atom stereocenters. The lowest BCUT2D eigenvalue weighted by molar-refractivity contribution is -0.116. The molecule has 1 amide bonds. The summed E-state index contributed by atoms with van der Waals surface area (Å²) >= 11 is 1.42. The lowest BCUT2D eigenvalue weighted by Crippen LogP contribution is -2.13. The van der Waals surface area contributed by atoms with Crippen LogP contribution in [0.3, 0.4) is 0 Å². The van der Waals surface area contributed by atoms with E-state index in [0.29, 0.717) is 10.6 Å². The zero-order chi connectivity index (χ0) is 14.5. The van der Waals surface area contributed by atoms with Crippen LogP contribution in [0.5, 0.6) is 0 Å². The molecule has 1 aromatic carbocycles. The van der Waals surface area contributed by atoms with Crippen LogP contribution in [0.1, 0.15) is 27.4 Å². The molecule has 0 aliphatic rings. The van der Waals surface area contributed by atoms with Gasteiger partial charge in [-0.15, -0.1) is 11.3 Å². The molecule has 1 heterocycles. The van der Waals surface area contributed by atoms with Gasteiger partial charge >= 0.3 is 0 Å². The molecule has 2 aromatic rings. The molecule has 0 fully saturated rings. The van der Waals surface area contributed by atoms with E-state index in [1.165, 1.54) is 29.5 Å². The van der Waals surface area contributed by atoms with Crippen LogP contribution < -0.4 is 5.32 Å². The molecule has 2 rings (SSSR count). The number of amides is 1. The summed E-state index contributed by atoms with van der Waals surface area (Å²) in [4.78, 5) is 25.3. The predicted molar refractivity (Wildman–Crippen MR) is 77.7 cm³/mol. The van der Waals surface area contributed by atoms with Crippen molar-refractivity contribution in [1.82, 2.24) is 0 Å². The van der Waals surface area contributed by atoms with E-state index in [0.717, 1.165) is 4.88 Å². The Balaban J connectivity index is 1.85. The smallest absolute Gasteiger partial charge is 0.224 e. The lowest BCUT2D eigenvalue weighted by Gasteiger charge is -2.04. The quantitative estimate of drug-likeness (QED) is 0.852. The van der Waals surface area contributed by atoms with Crippen molar-refractivity contribution < 1.29 is 14.0 Å². The minimum absolute atomic E-state index is 0.0440. The highest BCUT2D eigenvalue weighted by Crippen LogP contribution is 2.17. The highest BCUT2D eigenvalue weighted by atomic mass is 32.1. The molecule has 20 heavy (non-hydrogen) atoms. The number of hydrogen-bond donors (Lipinski definition) is 1. The average molecular weight is 291 g/mol. The van der Waals surface area contributed by atoms with Crippen molar-refractivity contribution in [1.29, 1.82) is 0 Å². The fourth-order valence-corrected chi connectivity index (χ4v) is 2.56. The second-order valence-electron chi connectivity index (χ2n) is 4.39. The highest BCUT2D eigenvalue weighted by molar-refractivity contribution is 7.14. The molecule has 1 N–H and O–H groups in total. The lowest BCUT2D eigenvalue weighted by atomic mass is 10.2. The van der Waals surface area contributed by atoms with Gasteiger partial charge in [0, 0.05) is 23.4 Å². The van der Waals surface area contributed by atoms with Crippen LogP contribution in [0, 0.1) is 12.7 Å². The number of benzene rings is 1. The van der Waals surface area contributed by atoms with Gasteiger partial charge in [0.1, 0.15) is 5.82 Å². The SMILES string of the molecule is Cc1ccc(C(=O)CCC(=O)Nc2cccc(F)c2)s1. The third kappa shape index (κ3) is 3.99. The Bertz CT molecular complexity index is 636. The molecule has 0 aliphatic carbocycles. The largest absolute Gasteiger partial charge is 0.326 e. The fourth-order valence-electron chi connectivity index (χ4n) is 1.72. The van der Waals surface area contributed by atoms with Gasteiger partial charge in [0.05, 0.1) is 4.88 Å². The maximum atomic E-state index is 13.0. The Morgan fingerprint density at radius 2 is 2.00 bits per heavy atom. The Morgan fingerprint density at radius 1 is 1.20 bits per heavy atom. The van der Waals surface area contributed by atoms with Crippen molar-refractivity contribution in [2.45, 2.75) is 19.8 Å². The first-order valence-electron chi connectivity index (χ1n) is 6.19. The maximum Gasteiger partial charge on any atom is 0.224 e. The molecule has 0 aliphatic heterocycles. The third-order valence-corrected chi connectivity index (χ3v) is 3.74. The van der Waals surface area contributed by atoms with Crippen molar-refractivity contribution in [2.24, 2.45) is 0 Å². The summed E-state index contributed by atoms with van der Waals surface area (Å²) in [7, 11) is 0. The van der Waals surface area contributed by atoms with Crippen LogP contribution in [0.2, 0.25) is 0 Å². The molecule has 0 saturated carbocycles. The number of aryl methyl sites for hydroxylation is 1. The van der Waals surface area contributed by atoms with Crippen LogP contribution >= 0.6 is 11.3 Å². The molecule has 5 heteroatoms. The minimum atomic E-state index is -0.409. The number of anilines is 1. The molecule has 3 nitrogen and oxygen atoms in total. The molecular formula is C15H14FNO2S. The van der Waals surface area contributed by atoms with Crippen molar-refractivity contribution in [3.8, 4) is 0 Å². The second kappa shape index (κ2) is 6.43. The van der Waals surface area contributed by atoms with E-state index in [1.807, 2.05) is 13.0 Å². The fraction of sp³-hybridized carbons (Fsp3) is 0.200. The topological polar surface area (TPSA) is 46.2 Å². The van der Waals surface area contributed by atoms with Gasteiger partial charge in [-0.3, -0.25) is 9.59 Å². The molecule has 0 unspecified atom stereocenters. The van der Waals surface area contributed by atoms with E-state index < -0.39 is 5.82 Å². The first-order chi connectivity index (χ1) is 9.54. The molecule has 0 spiro atoms. The summed E-state index contributed by atoms with van der Waals surface area (Å²) in [5, 5.41) is 2.57. The molecule has 0 radical (unpaired) electrons. The highest BCUT2D eigenvalue weighted by Gasteiger charge is 2.11. The molecule has 104 valence electrons. The molecule has 0 bridgehead atoms. The summed E-state index contributed by atoms with van der Waals surface area (Å²) < 4.78 is 13.0. The number of carbonyl (C=O) groups is 2. The van der Waals surface area contributed by atoms with Gasteiger partial charge in [-0.25, -0.2) is 4.39 Å². The second-order valence-corrected chi connectivity index (χ2v) is 5.68. The monoisotopic (exact) mass is 291 g/mol. The number of halogens is 1. The number of thiophene rings is 1. The van der Waals surface area contributed by atoms with Crippen LogP contribution in [0.15, 0.2) is 36.4 Å². The molecule has 1 aromatic heterocycles. The van der Waals surface area contributed by atoms with Crippen molar-refractivity contribution in [3.63, 3.8) is 0 Å². The van der Waals surface area contributed by atoms with Crippen molar-refractivity contribution >= 4 is 28.7 Å². The number of Topliss-reactive ketones (excluding diaryl/α,β-unsaturated/α-hetero) is 1. The molecular weight excluding hydrogens is 277 g/mol. The number of nitrogens with one attached hydrogen (secondary N) is 1. The first-order valence-corrected chi connectivity index (χ1v) is 7.01. The van der Waals surface area contributed by atoms with Gasteiger partial charge in [-0.2, -0.15) is 0 Å². The molecule has 0 saturated heterocycles. The van der Waals surface area contributed by atoms with E-state index in [9.17, 15) is 14.0 Å². The normalized spacial score (nSPS) is 10.3. The van der Waals surface area contributed by atoms with E-state index in [1.54, 1.807) is 12.1 Å². The summed E-state index contributed by atoms with van der Waals surface area (Å²) in [5.41, 5.74) is 0.398. The number of hydrogen-bond acceptors (Lipinski definition) is 3. The van der Waals surface area contributed by atoms with Gasteiger partial charge in [-0.05, 0) is 37.3 Å². The van der Waals surface area contributed by atoms with Gasteiger partial charge in [0.25, 0.3) is 0 Å². The third-order valence-electron chi connectivity index (χ3n) is 2.70. The van der Waals surface area contributed by atoms with Crippen molar-refractivity contribution in [2.75, 3.05) is 5.32 Å². The van der Waals surface area contributed by atoms with Gasteiger partial charge in [-0.1, -0.05) is 6.07 Å². The summed E-state index contributed by atoms with van der Waals surface area (Å²) in [6, 6.07) is 9.31. The maximum absolute atomic E-state index is 13.0. The Hall–Kier alpha value is -2.01. The van der Waals surface area contributed by atoms with E-state index in [-0.39, 0.29) is 24.5 Å². The average Bonchev–Trinajstić information content (AvgIpc) is 2.83. The predicted octanol–water partition coefficient (Wildman–Crippen LogP) is 3.80. The van der Waals surface area contributed by atoms with Gasteiger partial charge < -0.3 is 5.32 Å². The van der Waals surface area contributed by atoms with E-state index >= 15 is 0 Å². The zero-order valence-corrected chi connectivity index (χ0v) is 11.8. The van der Waals surface area contributed by atoms with Crippen molar-refractivity contribution in [3.05, 3.63) is 52.0 Å². The Labute approximate surface area is 120 Å². The van der Waals surface area contributed by atoms with Gasteiger partial charge in [0.2, 0.25) is 5.91 Å². The van der Waals surface area contributed by atoms with Crippen LogP contribution in [0.4, 0.5) is 10.1 Å².